The molecule has 5 fully saturated rings. The molecule has 10 heteroatoms. The molecule has 1 saturated heterocycles. The van der Waals surface area contributed by atoms with Gasteiger partial charge in [0, 0.05) is 23.3 Å². The first-order chi connectivity index (χ1) is 18.2. The number of carbonyl (C=O) groups excluding carboxylic acids is 1. The van der Waals surface area contributed by atoms with E-state index in [0.29, 0.717) is 38.5 Å². The zero-order valence-electron chi connectivity index (χ0n) is 23.0. The highest BCUT2D eigenvalue weighted by atomic mass is 16.7. The van der Waals surface area contributed by atoms with Crippen LogP contribution in [0.2, 0.25) is 0 Å². The molecular weight excluding hydrogens is 508 g/mol. The highest BCUT2D eigenvalue weighted by molar-refractivity contribution is 5.85. The molecule has 2 aliphatic heterocycles. The average molecular weight is 553 g/mol. The van der Waals surface area contributed by atoms with Crippen molar-refractivity contribution in [2.75, 3.05) is 6.61 Å². The molecule has 4 aliphatic carbocycles. The van der Waals surface area contributed by atoms with Gasteiger partial charge >= 0.3 is 5.97 Å². The number of ether oxygens (including phenoxy) is 3. The third-order valence-corrected chi connectivity index (χ3v) is 12.2. The summed E-state index contributed by atoms with van der Waals surface area (Å²) in [5.74, 6) is -0.893. The van der Waals surface area contributed by atoms with Crippen LogP contribution in [0.3, 0.4) is 0 Å². The quantitative estimate of drug-likeness (QED) is 0.215. The summed E-state index contributed by atoms with van der Waals surface area (Å²) in [5, 5.41) is 66.9. The van der Waals surface area contributed by atoms with Gasteiger partial charge in [-0.25, -0.2) is 4.79 Å². The summed E-state index contributed by atoms with van der Waals surface area (Å²) >= 11 is 0. The molecule has 0 aromatic heterocycles. The van der Waals surface area contributed by atoms with E-state index in [0.717, 1.165) is 12.0 Å². The summed E-state index contributed by atoms with van der Waals surface area (Å²) in [6.07, 6.45) is -1.39. The molecule has 0 spiro atoms. The molecule has 0 aromatic carbocycles. The third-order valence-electron chi connectivity index (χ3n) is 12.2. The highest BCUT2D eigenvalue weighted by Gasteiger charge is 2.72. The minimum Gasteiger partial charge on any atom is -0.458 e. The van der Waals surface area contributed by atoms with Crippen LogP contribution in [-0.2, 0) is 19.0 Å². The van der Waals surface area contributed by atoms with Crippen molar-refractivity contribution in [3.8, 4) is 0 Å². The Hall–Kier alpha value is -1.11. The Labute approximate surface area is 229 Å². The Morgan fingerprint density at radius 2 is 1.67 bits per heavy atom. The molecule has 39 heavy (non-hydrogen) atoms. The number of cyclic esters (lactones) is 1. The SMILES string of the molecule is C[C@@H]1O[C@@H](O[C@H]2CC[C@]3(C)[C@H]4[C@H](O)C[C@]5(C)[C@@H](C6=CC(=O)OC6)CC[C@]5(O)[C@@H]4CC[C@]3(O)C2)[C@H](O)[C@H](O)[C@@H]1O. The summed E-state index contributed by atoms with van der Waals surface area (Å²) in [6.45, 7) is 5.92. The lowest BCUT2D eigenvalue weighted by Gasteiger charge is -2.67. The van der Waals surface area contributed by atoms with Gasteiger partial charge in [-0.1, -0.05) is 13.8 Å². The number of carbonyl (C=O) groups is 1. The normalized spacial score (nSPS) is 57.3. The van der Waals surface area contributed by atoms with Crippen LogP contribution in [0.1, 0.15) is 72.1 Å². The van der Waals surface area contributed by atoms with E-state index in [-0.39, 0.29) is 36.8 Å². The van der Waals surface area contributed by atoms with E-state index in [2.05, 4.69) is 0 Å². The fraction of sp³-hybridized carbons (Fsp3) is 0.897. The summed E-state index contributed by atoms with van der Waals surface area (Å²) in [6, 6.07) is 0. The fourth-order valence-electron chi connectivity index (χ4n) is 9.89. The third kappa shape index (κ3) is 3.86. The Kier molecular flexibility index (Phi) is 6.61. The van der Waals surface area contributed by atoms with E-state index in [1.165, 1.54) is 0 Å². The number of esters is 1. The van der Waals surface area contributed by atoms with Crippen molar-refractivity contribution < 1.29 is 49.6 Å². The molecule has 6 aliphatic rings. The largest absolute Gasteiger partial charge is 0.458 e. The molecule has 220 valence electrons. The molecule has 10 nitrogen and oxygen atoms in total. The lowest BCUT2D eigenvalue weighted by atomic mass is 9.41. The van der Waals surface area contributed by atoms with Crippen molar-refractivity contribution >= 4 is 5.97 Å². The lowest BCUT2D eigenvalue weighted by Crippen LogP contribution is -2.71. The van der Waals surface area contributed by atoms with Crippen molar-refractivity contribution in [2.24, 2.45) is 28.6 Å². The molecule has 0 aromatic rings. The van der Waals surface area contributed by atoms with E-state index < -0.39 is 64.9 Å². The zero-order valence-corrected chi connectivity index (χ0v) is 23.0. The standard InChI is InChI=1S/C29H44O10/c1-14-22(32)23(33)24(34)25(38-14)39-16-4-7-26(2)21-18(5-8-28(26,35)11-16)29(36)9-6-17(15-10-20(31)37-13-15)27(29,3)12-19(21)30/h10,14,16-19,21-25,30,32-36H,4-9,11-13H2,1-3H3/t14-,16-,17+,18+,19+,21+,22+,23+,24+,25-,26+,27+,28-,29-/m0/s1. The number of aliphatic hydroxyl groups is 6. The first-order valence-electron chi connectivity index (χ1n) is 14.6. The highest BCUT2D eigenvalue weighted by Crippen LogP contribution is 2.70. The van der Waals surface area contributed by atoms with Crippen LogP contribution in [0, 0.1) is 28.6 Å². The van der Waals surface area contributed by atoms with Crippen LogP contribution < -0.4 is 0 Å². The minimum absolute atomic E-state index is 0.0412. The lowest BCUT2D eigenvalue weighted by molar-refractivity contribution is -0.323. The second kappa shape index (κ2) is 9.19. The number of aliphatic hydroxyl groups excluding tert-OH is 4. The van der Waals surface area contributed by atoms with E-state index in [1.807, 2.05) is 13.8 Å². The van der Waals surface area contributed by atoms with Gasteiger partial charge in [0.15, 0.2) is 6.29 Å². The van der Waals surface area contributed by atoms with E-state index in [9.17, 15) is 35.4 Å². The molecule has 0 radical (unpaired) electrons. The maximum Gasteiger partial charge on any atom is 0.331 e. The smallest absolute Gasteiger partial charge is 0.331 e. The maximum atomic E-state index is 12.4. The number of hydrogen-bond donors (Lipinski definition) is 6. The Bertz CT molecular complexity index is 1030. The molecule has 0 amide bonds. The van der Waals surface area contributed by atoms with Gasteiger partial charge < -0.3 is 44.8 Å². The van der Waals surface area contributed by atoms with E-state index in [1.54, 1.807) is 13.0 Å². The van der Waals surface area contributed by atoms with Crippen LogP contribution in [0.5, 0.6) is 0 Å². The Morgan fingerprint density at radius 3 is 2.36 bits per heavy atom. The monoisotopic (exact) mass is 552 g/mol. The second-order valence-corrected chi connectivity index (χ2v) is 13.8. The Morgan fingerprint density at radius 1 is 0.923 bits per heavy atom. The van der Waals surface area contributed by atoms with Crippen LogP contribution in [0.4, 0.5) is 0 Å². The van der Waals surface area contributed by atoms with Crippen molar-refractivity contribution in [3.63, 3.8) is 0 Å². The van der Waals surface area contributed by atoms with Crippen LogP contribution >= 0.6 is 0 Å². The van der Waals surface area contributed by atoms with Crippen molar-refractivity contribution in [3.05, 3.63) is 11.6 Å². The molecule has 6 N–H and O–H groups in total. The maximum absolute atomic E-state index is 12.4. The van der Waals surface area contributed by atoms with Gasteiger partial charge in [-0.3, -0.25) is 0 Å². The summed E-state index contributed by atoms with van der Waals surface area (Å²) < 4.78 is 16.9. The van der Waals surface area contributed by atoms with E-state index in [4.69, 9.17) is 14.2 Å². The predicted molar refractivity (Wildman–Crippen MR) is 136 cm³/mol. The molecule has 6 rings (SSSR count). The van der Waals surface area contributed by atoms with Crippen LogP contribution in [0.25, 0.3) is 0 Å². The van der Waals surface area contributed by atoms with Crippen molar-refractivity contribution in [1.82, 2.24) is 0 Å². The molecule has 0 bridgehead atoms. The summed E-state index contributed by atoms with van der Waals surface area (Å²) in [4.78, 5) is 11.8. The van der Waals surface area contributed by atoms with Gasteiger partial charge in [-0.15, -0.1) is 0 Å². The van der Waals surface area contributed by atoms with Crippen molar-refractivity contribution in [2.45, 2.75) is 126 Å². The van der Waals surface area contributed by atoms with Gasteiger partial charge in [0.25, 0.3) is 0 Å². The fourth-order valence-corrected chi connectivity index (χ4v) is 9.89. The summed E-state index contributed by atoms with van der Waals surface area (Å²) in [7, 11) is 0. The topological polar surface area (TPSA) is 166 Å². The van der Waals surface area contributed by atoms with Gasteiger partial charge in [0.1, 0.15) is 24.9 Å². The number of rotatable bonds is 3. The predicted octanol–water partition coefficient (Wildman–Crippen LogP) is 0.542. The van der Waals surface area contributed by atoms with E-state index >= 15 is 0 Å². The first kappa shape index (κ1) is 28.0. The second-order valence-electron chi connectivity index (χ2n) is 13.8. The van der Waals surface area contributed by atoms with Crippen LogP contribution in [0.15, 0.2) is 11.6 Å². The minimum atomic E-state index is -1.41. The molecule has 14 atom stereocenters. The first-order valence-corrected chi connectivity index (χ1v) is 14.6. The average Bonchev–Trinajstić information content (AvgIpc) is 3.41. The molecule has 4 saturated carbocycles. The van der Waals surface area contributed by atoms with Crippen molar-refractivity contribution in [1.29, 1.82) is 0 Å². The summed E-state index contributed by atoms with van der Waals surface area (Å²) in [5.41, 5.74) is -2.54. The van der Waals surface area contributed by atoms with Gasteiger partial charge in [0.2, 0.25) is 0 Å². The number of hydrogen-bond acceptors (Lipinski definition) is 10. The molecular formula is C29H44O10. The zero-order chi connectivity index (χ0) is 28.1. The molecule has 0 unspecified atom stereocenters. The van der Waals surface area contributed by atoms with Gasteiger partial charge in [0.05, 0.1) is 29.5 Å². The molecule has 2 heterocycles. The van der Waals surface area contributed by atoms with Crippen LogP contribution in [-0.4, -0.2) is 97.3 Å². The number of fused-ring (bicyclic) bond motifs is 5. The van der Waals surface area contributed by atoms with Gasteiger partial charge in [-0.2, -0.15) is 0 Å². The Balaban J connectivity index is 1.22. The van der Waals surface area contributed by atoms with Gasteiger partial charge in [-0.05, 0) is 75.2 Å².